The van der Waals surface area contributed by atoms with E-state index in [1.807, 2.05) is 50.2 Å². The van der Waals surface area contributed by atoms with Gasteiger partial charge in [0.2, 0.25) is 0 Å². The summed E-state index contributed by atoms with van der Waals surface area (Å²) in [5.41, 5.74) is 4.93. The first-order chi connectivity index (χ1) is 8.65. The summed E-state index contributed by atoms with van der Waals surface area (Å²) in [5, 5.41) is 0. The monoisotopic (exact) mass is 240 g/mol. The highest BCUT2D eigenvalue weighted by atomic mass is 16.5. The number of carbonyl (C=O) groups excluding carboxylic acids is 1. The molecule has 92 valence electrons. The van der Waals surface area contributed by atoms with Crippen LogP contribution in [0.1, 0.15) is 21.5 Å². The molecule has 0 N–H and O–H groups in total. The van der Waals surface area contributed by atoms with Gasteiger partial charge in [0.05, 0.1) is 7.11 Å². The maximum atomic E-state index is 11.1. The molecule has 2 nitrogen and oxygen atoms in total. The van der Waals surface area contributed by atoms with Crippen LogP contribution in [0.15, 0.2) is 36.4 Å². The molecule has 0 aliphatic rings. The highest BCUT2D eigenvalue weighted by Gasteiger charge is 2.07. The predicted molar refractivity (Wildman–Crippen MR) is 73.3 cm³/mol. The van der Waals surface area contributed by atoms with Crippen molar-refractivity contribution in [1.29, 1.82) is 0 Å². The van der Waals surface area contributed by atoms with Gasteiger partial charge in [0.25, 0.3) is 0 Å². The van der Waals surface area contributed by atoms with Gasteiger partial charge in [0.1, 0.15) is 5.75 Å². The van der Waals surface area contributed by atoms with Gasteiger partial charge in [-0.15, -0.1) is 0 Å². The first kappa shape index (κ1) is 12.4. The average molecular weight is 240 g/mol. The van der Waals surface area contributed by atoms with Crippen molar-refractivity contribution in [1.82, 2.24) is 0 Å². The number of hydrogen-bond donors (Lipinski definition) is 0. The van der Waals surface area contributed by atoms with Crippen molar-refractivity contribution in [2.24, 2.45) is 0 Å². The van der Waals surface area contributed by atoms with E-state index in [0.717, 1.165) is 34.3 Å². The van der Waals surface area contributed by atoms with E-state index in [1.165, 1.54) is 0 Å². The van der Waals surface area contributed by atoms with E-state index in [-0.39, 0.29) is 0 Å². The van der Waals surface area contributed by atoms with E-state index in [9.17, 15) is 4.79 Å². The van der Waals surface area contributed by atoms with Gasteiger partial charge >= 0.3 is 0 Å². The number of benzene rings is 2. The molecule has 0 heterocycles. The number of carbonyl (C=O) groups is 1. The molecule has 2 rings (SSSR count). The molecule has 2 aromatic rings. The topological polar surface area (TPSA) is 26.3 Å². The zero-order chi connectivity index (χ0) is 13.1. The SMILES string of the molecule is COc1ccc(-c2cc(C)ccc2C=O)cc1C. The molecular weight excluding hydrogens is 224 g/mol. The standard InChI is InChI=1S/C16H16O2/c1-11-4-5-14(10-17)15(8-11)13-6-7-16(18-3)12(2)9-13/h4-10H,1-3H3. The van der Waals surface area contributed by atoms with Crippen molar-refractivity contribution in [2.45, 2.75) is 13.8 Å². The summed E-state index contributed by atoms with van der Waals surface area (Å²) in [7, 11) is 1.66. The van der Waals surface area contributed by atoms with Gasteiger partial charge in [0.15, 0.2) is 6.29 Å². The Balaban J connectivity index is 2.57. The Morgan fingerprint density at radius 3 is 2.44 bits per heavy atom. The van der Waals surface area contributed by atoms with E-state index in [1.54, 1.807) is 7.11 Å². The van der Waals surface area contributed by atoms with Crippen LogP contribution in [0.3, 0.4) is 0 Å². The van der Waals surface area contributed by atoms with Crippen molar-refractivity contribution in [3.05, 3.63) is 53.1 Å². The Hall–Kier alpha value is -2.09. The number of aryl methyl sites for hydroxylation is 2. The molecule has 0 spiro atoms. The van der Waals surface area contributed by atoms with Gasteiger partial charge in [-0.1, -0.05) is 29.8 Å². The lowest BCUT2D eigenvalue weighted by molar-refractivity contribution is 0.112. The number of rotatable bonds is 3. The maximum absolute atomic E-state index is 11.1. The van der Waals surface area contributed by atoms with Gasteiger partial charge in [-0.25, -0.2) is 0 Å². The van der Waals surface area contributed by atoms with Crippen LogP contribution in [0.2, 0.25) is 0 Å². The van der Waals surface area contributed by atoms with E-state index in [0.29, 0.717) is 5.56 Å². The summed E-state index contributed by atoms with van der Waals surface area (Å²) >= 11 is 0. The van der Waals surface area contributed by atoms with Gasteiger partial charge in [0, 0.05) is 5.56 Å². The van der Waals surface area contributed by atoms with E-state index in [4.69, 9.17) is 4.74 Å². The van der Waals surface area contributed by atoms with Crippen molar-refractivity contribution >= 4 is 6.29 Å². The Labute approximate surface area is 107 Å². The predicted octanol–water partition coefficient (Wildman–Crippen LogP) is 3.79. The Morgan fingerprint density at radius 1 is 1.06 bits per heavy atom. The number of aldehydes is 1. The molecule has 18 heavy (non-hydrogen) atoms. The zero-order valence-corrected chi connectivity index (χ0v) is 10.9. The summed E-state index contributed by atoms with van der Waals surface area (Å²) in [6.45, 7) is 4.02. The van der Waals surface area contributed by atoms with Crippen LogP contribution in [0, 0.1) is 13.8 Å². The minimum atomic E-state index is 0.713. The van der Waals surface area contributed by atoms with Crippen LogP contribution in [0.5, 0.6) is 5.75 Å². The molecule has 0 aliphatic carbocycles. The van der Waals surface area contributed by atoms with Crippen LogP contribution in [-0.4, -0.2) is 13.4 Å². The number of hydrogen-bond acceptors (Lipinski definition) is 2. The molecule has 2 heteroatoms. The molecule has 0 unspecified atom stereocenters. The van der Waals surface area contributed by atoms with Crippen molar-refractivity contribution in [2.75, 3.05) is 7.11 Å². The molecule has 0 bridgehead atoms. The first-order valence-electron chi connectivity index (χ1n) is 5.86. The third-order valence-electron chi connectivity index (χ3n) is 3.04. The third-order valence-corrected chi connectivity index (χ3v) is 3.04. The second-order valence-electron chi connectivity index (χ2n) is 4.39. The molecule has 2 aromatic carbocycles. The normalized spacial score (nSPS) is 10.2. The smallest absolute Gasteiger partial charge is 0.150 e. The minimum absolute atomic E-state index is 0.713. The molecular formula is C16H16O2. The van der Waals surface area contributed by atoms with Gasteiger partial charge < -0.3 is 4.74 Å². The van der Waals surface area contributed by atoms with Crippen LogP contribution in [0.25, 0.3) is 11.1 Å². The first-order valence-corrected chi connectivity index (χ1v) is 5.86. The second kappa shape index (κ2) is 5.05. The minimum Gasteiger partial charge on any atom is -0.496 e. The fourth-order valence-corrected chi connectivity index (χ4v) is 2.07. The largest absolute Gasteiger partial charge is 0.496 e. The molecule has 0 amide bonds. The molecule has 0 aliphatic heterocycles. The fourth-order valence-electron chi connectivity index (χ4n) is 2.07. The summed E-state index contributed by atoms with van der Waals surface area (Å²) in [5.74, 6) is 0.860. The van der Waals surface area contributed by atoms with Crippen molar-refractivity contribution < 1.29 is 9.53 Å². The Bertz CT molecular complexity index is 586. The number of methoxy groups -OCH3 is 1. The zero-order valence-electron chi connectivity index (χ0n) is 10.9. The van der Waals surface area contributed by atoms with Crippen LogP contribution in [0.4, 0.5) is 0 Å². The molecule has 0 saturated heterocycles. The van der Waals surface area contributed by atoms with Crippen molar-refractivity contribution in [3.8, 4) is 16.9 Å². The maximum Gasteiger partial charge on any atom is 0.150 e. The highest BCUT2D eigenvalue weighted by molar-refractivity contribution is 5.88. The quantitative estimate of drug-likeness (QED) is 0.763. The van der Waals surface area contributed by atoms with Gasteiger partial charge in [-0.2, -0.15) is 0 Å². The molecule has 0 atom stereocenters. The summed E-state index contributed by atoms with van der Waals surface area (Å²) in [6.07, 6.45) is 0.897. The summed E-state index contributed by atoms with van der Waals surface area (Å²) < 4.78 is 5.25. The molecule has 0 saturated carbocycles. The Kier molecular flexibility index (Phi) is 3.47. The lowest BCUT2D eigenvalue weighted by atomic mass is 9.97. The highest BCUT2D eigenvalue weighted by Crippen LogP contribution is 2.28. The molecule has 0 radical (unpaired) electrons. The van der Waals surface area contributed by atoms with E-state index < -0.39 is 0 Å². The van der Waals surface area contributed by atoms with Crippen LogP contribution in [-0.2, 0) is 0 Å². The van der Waals surface area contributed by atoms with Gasteiger partial charge in [-0.3, -0.25) is 4.79 Å². The molecule has 0 aromatic heterocycles. The summed E-state index contributed by atoms with van der Waals surface area (Å²) in [6, 6.07) is 11.8. The van der Waals surface area contributed by atoms with E-state index in [2.05, 4.69) is 0 Å². The third kappa shape index (κ3) is 2.28. The lowest BCUT2D eigenvalue weighted by Crippen LogP contribution is -1.91. The number of ether oxygens (including phenoxy) is 1. The fraction of sp³-hybridized carbons (Fsp3) is 0.188. The van der Waals surface area contributed by atoms with Crippen LogP contribution >= 0.6 is 0 Å². The van der Waals surface area contributed by atoms with Crippen molar-refractivity contribution in [3.63, 3.8) is 0 Å². The molecule has 0 fully saturated rings. The van der Waals surface area contributed by atoms with Crippen LogP contribution < -0.4 is 4.74 Å². The van der Waals surface area contributed by atoms with E-state index >= 15 is 0 Å². The summed E-state index contributed by atoms with van der Waals surface area (Å²) in [4.78, 5) is 11.1. The Morgan fingerprint density at radius 2 is 1.83 bits per heavy atom. The van der Waals surface area contributed by atoms with Gasteiger partial charge in [-0.05, 0) is 42.7 Å². The second-order valence-corrected chi connectivity index (χ2v) is 4.39. The average Bonchev–Trinajstić information content (AvgIpc) is 2.38. The lowest BCUT2D eigenvalue weighted by Gasteiger charge is -2.10.